The molecule has 48 heavy (non-hydrogen) atoms. The largest absolute Gasteiger partial charge is 0.320 e. The highest BCUT2D eigenvalue weighted by atomic mass is 15.3. The molecular weight excluding hydrogens is 579 g/mol. The second kappa shape index (κ2) is 32.1. The molecule has 0 amide bonds. The minimum atomic E-state index is 1.25. The van der Waals surface area contributed by atoms with Crippen LogP contribution in [0.25, 0.3) is 0 Å². The minimum Gasteiger partial charge on any atom is -0.320 e. The fourth-order valence-corrected chi connectivity index (χ4v) is 8.48. The van der Waals surface area contributed by atoms with E-state index < -0.39 is 0 Å². The van der Waals surface area contributed by atoms with E-state index in [1.54, 1.807) is 5.56 Å². The van der Waals surface area contributed by atoms with Crippen LogP contribution >= 0.6 is 0 Å². The molecule has 0 heterocycles. The Bertz CT molecular complexity index is 803. The van der Waals surface area contributed by atoms with Gasteiger partial charge in [-0.15, -0.1) is 0 Å². The van der Waals surface area contributed by atoms with E-state index in [2.05, 4.69) is 53.7 Å². The second-order valence-corrected chi connectivity index (χ2v) is 16.4. The number of nitrogens with zero attached hydrogens (tertiary/aromatic N) is 1. The predicted molar refractivity (Wildman–Crippen MR) is 219 cm³/mol. The third-order valence-electron chi connectivity index (χ3n) is 11.5. The fourth-order valence-electron chi connectivity index (χ4n) is 8.48. The lowest BCUT2D eigenvalue weighted by Gasteiger charge is -2.40. The summed E-state index contributed by atoms with van der Waals surface area (Å²) in [6.07, 6.45) is 44.9. The van der Waals surface area contributed by atoms with E-state index in [9.17, 15) is 0 Å². The molecule has 0 aromatic heterocycles. The van der Waals surface area contributed by atoms with Gasteiger partial charge in [0.25, 0.3) is 0 Å². The van der Waals surface area contributed by atoms with Crippen molar-refractivity contribution in [1.29, 1.82) is 0 Å². The van der Waals surface area contributed by atoms with Crippen LogP contribution in [0.4, 0.5) is 0 Å². The van der Waals surface area contributed by atoms with E-state index in [0.29, 0.717) is 0 Å². The molecule has 0 bridgehead atoms. The molecule has 0 N–H and O–H groups in total. The van der Waals surface area contributed by atoms with E-state index in [1.807, 2.05) is 0 Å². The van der Waals surface area contributed by atoms with Crippen molar-refractivity contribution in [1.82, 2.24) is 0 Å². The predicted octanol–water partition coefficient (Wildman–Crippen LogP) is 16.1. The van der Waals surface area contributed by atoms with Gasteiger partial charge in [-0.25, -0.2) is 0 Å². The number of hydrogen-bond acceptors (Lipinski definition) is 0. The monoisotopic (exact) mass is 669 g/mol. The number of unbranched alkanes of at least 4 members (excludes halogenated alkanes) is 28. The first kappa shape index (κ1) is 45.2. The van der Waals surface area contributed by atoms with Crippen molar-refractivity contribution >= 4 is 0 Å². The molecule has 1 unspecified atom stereocenters. The maximum absolute atomic E-state index is 2.43. The van der Waals surface area contributed by atoms with E-state index in [4.69, 9.17) is 0 Å². The molecule has 0 saturated heterocycles. The Morgan fingerprint density at radius 3 is 0.875 bits per heavy atom. The summed E-state index contributed by atoms with van der Waals surface area (Å²) in [6.45, 7) is 19.4. The number of benzene rings is 1. The van der Waals surface area contributed by atoms with Crippen LogP contribution in [-0.4, -0.2) is 24.1 Å². The Hall–Kier alpha value is -0.820. The zero-order chi connectivity index (χ0) is 35.0. The highest BCUT2D eigenvalue weighted by molar-refractivity contribution is 5.36. The summed E-state index contributed by atoms with van der Waals surface area (Å²) in [4.78, 5) is 0. The van der Waals surface area contributed by atoms with Gasteiger partial charge in [0.2, 0.25) is 0 Å². The van der Waals surface area contributed by atoms with Gasteiger partial charge >= 0.3 is 0 Å². The molecule has 0 aliphatic carbocycles. The lowest BCUT2D eigenvalue weighted by atomic mass is 9.97. The highest BCUT2D eigenvalue weighted by Crippen LogP contribution is 2.26. The molecule has 0 radical (unpaired) electrons. The average molecular weight is 669 g/mol. The van der Waals surface area contributed by atoms with Crippen molar-refractivity contribution in [3.8, 4) is 0 Å². The van der Waals surface area contributed by atoms with Gasteiger partial charge in [-0.1, -0.05) is 205 Å². The summed E-state index contributed by atoms with van der Waals surface area (Å²) in [5.74, 6) is 0. The maximum Gasteiger partial charge on any atom is 0.105 e. The molecule has 282 valence electrons. The molecule has 1 rings (SSSR count). The Morgan fingerprint density at radius 1 is 0.333 bits per heavy atom. The summed E-state index contributed by atoms with van der Waals surface area (Å²) in [6, 6.07) is 4.87. The van der Waals surface area contributed by atoms with Gasteiger partial charge in [-0.05, 0) is 64.0 Å². The summed E-state index contributed by atoms with van der Waals surface area (Å²) in [5.41, 5.74) is 6.13. The van der Waals surface area contributed by atoms with Crippen molar-refractivity contribution in [2.75, 3.05) is 19.6 Å². The lowest BCUT2D eigenvalue weighted by molar-refractivity contribution is -0.941. The Morgan fingerprint density at radius 2 is 0.604 bits per heavy atom. The molecule has 1 aromatic rings. The van der Waals surface area contributed by atoms with Gasteiger partial charge < -0.3 is 4.48 Å². The first-order valence-electron chi connectivity index (χ1n) is 22.4. The third-order valence-corrected chi connectivity index (χ3v) is 11.5. The van der Waals surface area contributed by atoms with E-state index in [1.165, 1.54) is 246 Å². The van der Waals surface area contributed by atoms with Crippen molar-refractivity contribution < 1.29 is 4.48 Å². The summed E-state index contributed by atoms with van der Waals surface area (Å²) >= 11 is 0. The van der Waals surface area contributed by atoms with E-state index >= 15 is 0 Å². The summed E-state index contributed by atoms with van der Waals surface area (Å²) in [7, 11) is 0. The molecule has 0 aliphatic heterocycles. The molecule has 0 aliphatic rings. The van der Waals surface area contributed by atoms with Gasteiger partial charge in [-0.2, -0.15) is 0 Å². The Kier molecular flexibility index (Phi) is 30.2. The normalized spacial score (nSPS) is 13.0. The van der Waals surface area contributed by atoms with Gasteiger partial charge in [0.15, 0.2) is 0 Å². The van der Waals surface area contributed by atoms with Crippen LogP contribution in [0.15, 0.2) is 12.1 Å². The smallest absolute Gasteiger partial charge is 0.105 e. The van der Waals surface area contributed by atoms with Gasteiger partial charge in [0.1, 0.15) is 6.54 Å². The van der Waals surface area contributed by atoms with Gasteiger partial charge in [0, 0.05) is 5.56 Å². The highest BCUT2D eigenvalue weighted by Gasteiger charge is 2.27. The van der Waals surface area contributed by atoms with Crippen molar-refractivity contribution in [3.05, 3.63) is 34.4 Å². The van der Waals surface area contributed by atoms with Crippen LogP contribution in [0.1, 0.15) is 242 Å². The van der Waals surface area contributed by atoms with Crippen LogP contribution in [0, 0.1) is 20.8 Å². The van der Waals surface area contributed by atoms with Crippen LogP contribution in [0.2, 0.25) is 0 Å². The zero-order valence-corrected chi connectivity index (χ0v) is 34.4. The van der Waals surface area contributed by atoms with Crippen molar-refractivity contribution in [2.45, 2.75) is 247 Å². The fraction of sp³-hybridized carbons (Fsp3) is 0.872. The van der Waals surface area contributed by atoms with Crippen molar-refractivity contribution in [3.63, 3.8) is 0 Å². The topological polar surface area (TPSA) is 0 Å². The van der Waals surface area contributed by atoms with Gasteiger partial charge in [0.05, 0.1) is 19.6 Å². The second-order valence-electron chi connectivity index (χ2n) is 16.4. The standard InChI is InChI=1S/C47H90N/c1-7-10-12-14-16-18-20-22-24-25-27-29-31-33-35-37-40-48(38-9-3,43-47-45(5)41-44(4)42-46(47)6)39-36-34-32-30-28-26-23-21-19-17-15-13-11-8-2/h41-42H,7-40,43H2,1-6H3/q+1. The summed E-state index contributed by atoms with van der Waals surface area (Å²) in [5, 5.41) is 0. The Labute approximate surface area is 304 Å². The van der Waals surface area contributed by atoms with Crippen LogP contribution < -0.4 is 0 Å². The van der Waals surface area contributed by atoms with E-state index in [0.717, 1.165) is 0 Å². The quantitative estimate of drug-likeness (QED) is 0.0493. The first-order valence-corrected chi connectivity index (χ1v) is 22.4. The number of quaternary nitrogens is 1. The lowest BCUT2D eigenvalue weighted by Crippen LogP contribution is -2.49. The van der Waals surface area contributed by atoms with Crippen LogP contribution in [0.5, 0.6) is 0 Å². The third kappa shape index (κ3) is 24.3. The summed E-state index contributed by atoms with van der Waals surface area (Å²) < 4.78 is 1.33. The number of hydrogen-bond donors (Lipinski definition) is 0. The number of rotatable bonds is 36. The number of aryl methyl sites for hydroxylation is 3. The van der Waals surface area contributed by atoms with Crippen LogP contribution in [0.3, 0.4) is 0 Å². The van der Waals surface area contributed by atoms with Crippen LogP contribution in [-0.2, 0) is 6.54 Å². The molecular formula is C47H90N+. The molecule has 0 fully saturated rings. The molecule has 1 nitrogen and oxygen atoms in total. The SMILES string of the molecule is CCCCCCCCCCCCCCCCCC[N+](CCC)(CCCCCCCCCCCCCCCC)Cc1c(C)cc(C)cc1C. The molecule has 1 atom stereocenters. The van der Waals surface area contributed by atoms with Gasteiger partial charge in [-0.3, -0.25) is 0 Å². The average Bonchev–Trinajstić information content (AvgIpc) is 3.06. The molecule has 1 heteroatoms. The first-order chi connectivity index (χ1) is 23.5. The molecule has 0 saturated carbocycles. The van der Waals surface area contributed by atoms with E-state index in [-0.39, 0.29) is 0 Å². The Balaban J connectivity index is 2.38. The molecule has 0 spiro atoms. The van der Waals surface area contributed by atoms with Crippen molar-refractivity contribution in [2.24, 2.45) is 0 Å². The minimum absolute atomic E-state index is 1.25. The molecule has 1 aromatic carbocycles. The zero-order valence-electron chi connectivity index (χ0n) is 34.4. The maximum atomic E-state index is 2.43.